The first-order chi connectivity index (χ1) is 3.29. The highest BCUT2D eigenvalue weighted by molar-refractivity contribution is 5.00. The summed E-state index contributed by atoms with van der Waals surface area (Å²) < 4.78 is 0. The Morgan fingerprint density at radius 2 is 2.57 bits per heavy atom. The molecule has 1 aliphatic heterocycles. The summed E-state index contributed by atoms with van der Waals surface area (Å²) >= 11 is 0. The molecule has 2 heteroatoms. The van der Waals surface area contributed by atoms with Gasteiger partial charge >= 0.3 is 0 Å². The van der Waals surface area contributed by atoms with Crippen LogP contribution < -0.4 is 10.6 Å². The summed E-state index contributed by atoms with van der Waals surface area (Å²) in [5.74, 6) is 0. The van der Waals surface area contributed by atoms with E-state index in [9.17, 15) is 0 Å². The van der Waals surface area contributed by atoms with E-state index >= 15 is 0 Å². The van der Waals surface area contributed by atoms with Crippen molar-refractivity contribution in [2.75, 3.05) is 6.54 Å². The van der Waals surface area contributed by atoms with Crippen molar-refractivity contribution in [1.29, 1.82) is 0 Å². The molecule has 0 saturated carbocycles. The molecule has 1 heterocycles. The van der Waals surface area contributed by atoms with Crippen LogP contribution in [0.5, 0.6) is 0 Å². The molecular weight excluding hydrogens is 88.1 g/mol. The van der Waals surface area contributed by atoms with Crippen molar-refractivity contribution in [1.82, 2.24) is 10.6 Å². The van der Waals surface area contributed by atoms with Crippen molar-refractivity contribution in [3.05, 3.63) is 12.3 Å². The van der Waals surface area contributed by atoms with Gasteiger partial charge in [0.1, 0.15) is 0 Å². The molecule has 2 nitrogen and oxygen atoms in total. The highest BCUT2D eigenvalue weighted by atomic mass is 15.2. The van der Waals surface area contributed by atoms with Crippen LogP contribution in [0, 0.1) is 0 Å². The van der Waals surface area contributed by atoms with Crippen LogP contribution in [-0.2, 0) is 0 Å². The monoisotopic (exact) mass is 98.1 g/mol. The molecule has 0 amide bonds. The Morgan fingerprint density at radius 3 is 2.71 bits per heavy atom. The molecule has 0 aromatic heterocycles. The van der Waals surface area contributed by atoms with Gasteiger partial charge in [-0.05, 0) is 6.92 Å². The van der Waals surface area contributed by atoms with Gasteiger partial charge in [-0.15, -0.1) is 0 Å². The Kier molecular flexibility index (Phi) is 1.02. The predicted octanol–water partition coefficient (Wildman–Crippen LogP) is 0.0389. The zero-order valence-corrected chi connectivity index (χ0v) is 4.49. The van der Waals surface area contributed by atoms with Gasteiger partial charge in [0.2, 0.25) is 0 Å². The van der Waals surface area contributed by atoms with E-state index < -0.39 is 0 Å². The van der Waals surface area contributed by atoms with Gasteiger partial charge in [-0.1, -0.05) is 6.58 Å². The minimum Gasteiger partial charge on any atom is -0.373 e. The zero-order chi connectivity index (χ0) is 5.28. The topological polar surface area (TPSA) is 24.1 Å². The molecule has 1 atom stereocenters. The average Bonchev–Trinajstić information content (AvgIpc) is 1.87. The molecule has 0 aromatic carbocycles. The van der Waals surface area contributed by atoms with Gasteiger partial charge in [-0.3, -0.25) is 5.32 Å². The third-order valence-electron chi connectivity index (χ3n) is 1.04. The maximum absolute atomic E-state index is 3.73. The van der Waals surface area contributed by atoms with E-state index in [2.05, 4.69) is 24.1 Å². The van der Waals surface area contributed by atoms with Gasteiger partial charge in [0.25, 0.3) is 0 Å². The van der Waals surface area contributed by atoms with E-state index in [1.165, 1.54) is 0 Å². The largest absolute Gasteiger partial charge is 0.373 e. The second-order valence-corrected chi connectivity index (χ2v) is 1.85. The molecule has 2 N–H and O–H groups in total. The van der Waals surface area contributed by atoms with Crippen LogP contribution >= 0.6 is 0 Å². The van der Waals surface area contributed by atoms with Crippen LogP contribution in [0.1, 0.15) is 6.92 Å². The lowest BCUT2D eigenvalue weighted by Crippen LogP contribution is -2.25. The van der Waals surface area contributed by atoms with Gasteiger partial charge in [0.05, 0.1) is 6.17 Å². The van der Waals surface area contributed by atoms with Crippen LogP contribution in [0.3, 0.4) is 0 Å². The molecule has 1 unspecified atom stereocenters. The molecule has 40 valence electrons. The standard InChI is InChI=1S/C5H10N2/c1-4-3-6-5(2)7-4/h5-7H,1,3H2,2H3. The lowest BCUT2D eigenvalue weighted by Gasteiger charge is -1.99. The highest BCUT2D eigenvalue weighted by Crippen LogP contribution is 1.92. The second kappa shape index (κ2) is 1.54. The van der Waals surface area contributed by atoms with E-state index in [-0.39, 0.29) is 0 Å². The van der Waals surface area contributed by atoms with Crippen LogP contribution in [0.15, 0.2) is 12.3 Å². The van der Waals surface area contributed by atoms with E-state index in [0.29, 0.717) is 6.17 Å². The summed E-state index contributed by atoms with van der Waals surface area (Å²) in [6.07, 6.45) is 0.424. The van der Waals surface area contributed by atoms with Gasteiger partial charge in [0, 0.05) is 12.2 Å². The van der Waals surface area contributed by atoms with E-state index in [1.807, 2.05) is 0 Å². The first-order valence-electron chi connectivity index (χ1n) is 2.47. The number of hydrogen-bond donors (Lipinski definition) is 2. The summed E-state index contributed by atoms with van der Waals surface area (Å²) in [6.45, 7) is 6.72. The SMILES string of the molecule is C=C1CNC(C)N1. The summed E-state index contributed by atoms with van der Waals surface area (Å²) in [6, 6.07) is 0. The van der Waals surface area contributed by atoms with Crippen LogP contribution in [0.25, 0.3) is 0 Å². The third-order valence-corrected chi connectivity index (χ3v) is 1.04. The molecule has 7 heavy (non-hydrogen) atoms. The Morgan fingerprint density at radius 1 is 1.86 bits per heavy atom. The van der Waals surface area contributed by atoms with Crippen LogP contribution in [0.2, 0.25) is 0 Å². The summed E-state index contributed by atoms with van der Waals surface area (Å²) in [7, 11) is 0. The van der Waals surface area contributed by atoms with Crippen molar-refractivity contribution in [3.8, 4) is 0 Å². The Hall–Kier alpha value is -0.500. The van der Waals surface area contributed by atoms with E-state index in [0.717, 1.165) is 12.2 Å². The fourth-order valence-electron chi connectivity index (χ4n) is 0.685. The van der Waals surface area contributed by atoms with Gasteiger partial charge in [0.15, 0.2) is 0 Å². The molecule has 0 aromatic rings. The smallest absolute Gasteiger partial charge is 0.0739 e. The molecule has 0 bridgehead atoms. The van der Waals surface area contributed by atoms with Gasteiger partial charge in [-0.25, -0.2) is 0 Å². The van der Waals surface area contributed by atoms with Crippen molar-refractivity contribution >= 4 is 0 Å². The Bertz CT molecular complexity index is 88.1. The molecule has 1 saturated heterocycles. The second-order valence-electron chi connectivity index (χ2n) is 1.85. The van der Waals surface area contributed by atoms with Crippen LogP contribution in [0.4, 0.5) is 0 Å². The summed E-state index contributed by atoms with van der Waals surface area (Å²) in [5, 5.41) is 6.27. The summed E-state index contributed by atoms with van der Waals surface area (Å²) in [5.41, 5.74) is 1.09. The minimum absolute atomic E-state index is 0.424. The van der Waals surface area contributed by atoms with Gasteiger partial charge < -0.3 is 5.32 Å². The quantitative estimate of drug-likeness (QED) is 0.447. The normalized spacial score (nSPS) is 30.4. The molecule has 1 aliphatic rings. The fraction of sp³-hybridized carbons (Fsp3) is 0.600. The van der Waals surface area contributed by atoms with E-state index in [1.54, 1.807) is 0 Å². The number of hydrogen-bond acceptors (Lipinski definition) is 2. The maximum atomic E-state index is 3.73. The first-order valence-corrected chi connectivity index (χ1v) is 2.47. The Labute approximate surface area is 43.6 Å². The lowest BCUT2D eigenvalue weighted by molar-refractivity contribution is 0.614. The highest BCUT2D eigenvalue weighted by Gasteiger charge is 2.07. The Balaban J connectivity index is 2.40. The van der Waals surface area contributed by atoms with Crippen molar-refractivity contribution in [3.63, 3.8) is 0 Å². The molecular formula is C5H10N2. The maximum Gasteiger partial charge on any atom is 0.0739 e. The van der Waals surface area contributed by atoms with Gasteiger partial charge in [-0.2, -0.15) is 0 Å². The van der Waals surface area contributed by atoms with E-state index in [4.69, 9.17) is 0 Å². The summed E-state index contributed by atoms with van der Waals surface area (Å²) in [4.78, 5) is 0. The number of nitrogens with one attached hydrogen (secondary N) is 2. The van der Waals surface area contributed by atoms with Crippen molar-refractivity contribution < 1.29 is 0 Å². The first kappa shape index (κ1) is 4.65. The van der Waals surface area contributed by atoms with Crippen molar-refractivity contribution in [2.24, 2.45) is 0 Å². The van der Waals surface area contributed by atoms with Crippen LogP contribution in [-0.4, -0.2) is 12.7 Å². The zero-order valence-electron chi connectivity index (χ0n) is 4.49. The minimum atomic E-state index is 0.424. The number of rotatable bonds is 0. The lowest BCUT2D eigenvalue weighted by atomic mass is 10.5. The molecule has 1 rings (SSSR count). The average molecular weight is 98.1 g/mol. The molecule has 0 aliphatic carbocycles. The third kappa shape index (κ3) is 0.933. The molecule has 0 spiro atoms. The predicted molar refractivity (Wildman–Crippen MR) is 29.7 cm³/mol. The molecule has 0 radical (unpaired) electrons. The molecule has 1 fully saturated rings. The fourth-order valence-corrected chi connectivity index (χ4v) is 0.685. The van der Waals surface area contributed by atoms with Crippen molar-refractivity contribution in [2.45, 2.75) is 13.1 Å².